The second-order valence-electron chi connectivity index (χ2n) is 3.31. The number of hydrogen-bond donors (Lipinski definition) is 1. The van der Waals surface area contributed by atoms with Crippen LogP contribution in [0.3, 0.4) is 0 Å². The van der Waals surface area contributed by atoms with Crippen LogP contribution in [0.4, 0.5) is 0 Å². The molecule has 0 aliphatic carbocycles. The van der Waals surface area contributed by atoms with Crippen molar-refractivity contribution in [3.8, 4) is 5.75 Å². The number of carbonyl (C=O) groups excluding carboxylic acids is 1. The number of ketones is 1. The Kier molecular flexibility index (Phi) is 3.25. The van der Waals surface area contributed by atoms with Crippen LogP contribution in [0.5, 0.6) is 5.75 Å². The highest BCUT2D eigenvalue weighted by molar-refractivity contribution is 6.02. The van der Waals surface area contributed by atoms with Crippen molar-refractivity contribution >= 4 is 5.78 Å². The molecule has 0 bridgehead atoms. The van der Waals surface area contributed by atoms with Crippen molar-refractivity contribution in [1.82, 2.24) is 0 Å². The van der Waals surface area contributed by atoms with Gasteiger partial charge in [-0.15, -0.1) is 0 Å². The van der Waals surface area contributed by atoms with E-state index < -0.39 is 6.04 Å². The second-order valence-corrected chi connectivity index (χ2v) is 3.31. The van der Waals surface area contributed by atoms with Crippen molar-refractivity contribution in [3.05, 3.63) is 29.3 Å². The topological polar surface area (TPSA) is 52.3 Å². The Morgan fingerprint density at radius 2 is 2.14 bits per heavy atom. The van der Waals surface area contributed by atoms with E-state index in [-0.39, 0.29) is 5.78 Å². The van der Waals surface area contributed by atoms with E-state index in [4.69, 9.17) is 10.5 Å². The highest BCUT2D eigenvalue weighted by atomic mass is 16.5. The number of methoxy groups -OCH3 is 1. The van der Waals surface area contributed by atoms with Gasteiger partial charge in [-0.25, -0.2) is 0 Å². The summed E-state index contributed by atoms with van der Waals surface area (Å²) in [7, 11) is 1.56. The summed E-state index contributed by atoms with van der Waals surface area (Å²) in [6, 6.07) is 4.97. The van der Waals surface area contributed by atoms with E-state index in [0.717, 1.165) is 5.56 Å². The van der Waals surface area contributed by atoms with Crippen molar-refractivity contribution in [1.29, 1.82) is 0 Å². The number of hydrogen-bond acceptors (Lipinski definition) is 3. The van der Waals surface area contributed by atoms with Gasteiger partial charge in [-0.2, -0.15) is 0 Å². The fourth-order valence-electron chi connectivity index (χ4n) is 1.36. The van der Waals surface area contributed by atoms with Crippen LogP contribution < -0.4 is 10.5 Å². The minimum atomic E-state index is -0.495. The third kappa shape index (κ3) is 1.93. The van der Waals surface area contributed by atoms with Gasteiger partial charge in [0.15, 0.2) is 5.78 Å². The number of nitrogens with two attached hydrogens (primary N) is 1. The van der Waals surface area contributed by atoms with Crippen LogP contribution in [0.15, 0.2) is 18.2 Å². The Hall–Kier alpha value is -1.35. The molecule has 14 heavy (non-hydrogen) atoms. The lowest BCUT2D eigenvalue weighted by molar-refractivity contribution is 0.0965. The fourth-order valence-corrected chi connectivity index (χ4v) is 1.36. The zero-order valence-corrected chi connectivity index (χ0v) is 8.70. The van der Waals surface area contributed by atoms with Gasteiger partial charge in [-0.3, -0.25) is 4.79 Å². The first-order valence-electron chi connectivity index (χ1n) is 4.51. The summed E-state index contributed by atoms with van der Waals surface area (Å²) in [6.45, 7) is 3.57. The van der Waals surface area contributed by atoms with Crippen molar-refractivity contribution in [3.63, 3.8) is 0 Å². The average molecular weight is 193 g/mol. The number of para-hydroxylation sites is 1. The van der Waals surface area contributed by atoms with Crippen LogP contribution in [-0.2, 0) is 0 Å². The summed E-state index contributed by atoms with van der Waals surface area (Å²) >= 11 is 0. The van der Waals surface area contributed by atoms with Crippen molar-refractivity contribution in [2.24, 2.45) is 5.73 Å². The number of rotatable bonds is 3. The predicted molar refractivity (Wildman–Crippen MR) is 55.7 cm³/mol. The maximum Gasteiger partial charge on any atom is 0.182 e. The lowest BCUT2D eigenvalue weighted by atomic mass is 10.0. The molecule has 2 N–H and O–H groups in total. The van der Waals surface area contributed by atoms with Gasteiger partial charge in [0.2, 0.25) is 0 Å². The second kappa shape index (κ2) is 4.24. The minimum Gasteiger partial charge on any atom is -0.496 e. The Morgan fingerprint density at radius 3 is 2.64 bits per heavy atom. The molecule has 76 valence electrons. The predicted octanol–water partition coefficient (Wildman–Crippen LogP) is 1.53. The molecule has 3 nitrogen and oxygen atoms in total. The van der Waals surface area contributed by atoms with Gasteiger partial charge in [0.25, 0.3) is 0 Å². The molecule has 0 heterocycles. The van der Waals surface area contributed by atoms with Crippen LogP contribution in [0, 0.1) is 6.92 Å². The molecule has 1 aromatic carbocycles. The summed E-state index contributed by atoms with van der Waals surface area (Å²) in [5.74, 6) is 0.528. The van der Waals surface area contributed by atoms with Crippen LogP contribution in [0.25, 0.3) is 0 Å². The van der Waals surface area contributed by atoms with E-state index in [9.17, 15) is 4.79 Å². The van der Waals surface area contributed by atoms with Gasteiger partial charge in [0.1, 0.15) is 5.75 Å². The lowest BCUT2D eigenvalue weighted by Crippen LogP contribution is -2.27. The van der Waals surface area contributed by atoms with Gasteiger partial charge >= 0.3 is 0 Å². The van der Waals surface area contributed by atoms with E-state index in [1.165, 1.54) is 0 Å². The Morgan fingerprint density at radius 1 is 1.50 bits per heavy atom. The first-order chi connectivity index (χ1) is 6.57. The first-order valence-corrected chi connectivity index (χ1v) is 4.51. The molecule has 0 amide bonds. The monoisotopic (exact) mass is 193 g/mol. The van der Waals surface area contributed by atoms with Crippen molar-refractivity contribution < 1.29 is 9.53 Å². The molecule has 1 rings (SSSR count). The standard InChI is InChI=1S/C11H15NO2/c1-7-5-4-6-9(11(7)14-3)10(13)8(2)12/h4-6,8H,12H2,1-3H3. The van der Waals surface area contributed by atoms with Crippen LogP contribution >= 0.6 is 0 Å². The summed E-state index contributed by atoms with van der Waals surface area (Å²) in [5, 5.41) is 0. The highest BCUT2D eigenvalue weighted by Crippen LogP contribution is 2.23. The van der Waals surface area contributed by atoms with Gasteiger partial charge in [-0.1, -0.05) is 12.1 Å². The molecular weight excluding hydrogens is 178 g/mol. The van der Waals surface area contributed by atoms with Crippen LogP contribution in [0.1, 0.15) is 22.8 Å². The van der Waals surface area contributed by atoms with E-state index in [2.05, 4.69) is 0 Å². The molecule has 0 spiro atoms. The molecule has 0 radical (unpaired) electrons. The van der Waals surface area contributed by atoms with Crippen molar-refractivity contribution in [2.45, 2.75) is 19.9 Å². The normalized spacial score (nSPS) is 12.3. The first kappa shape index (κ1) is 10.7. The third-order valence-electron chi connectivity index (χ3n) is 2.10. The fraction of sp³-hybridized carbons (Fsp3) is 0.364. The highest BCUT2D eigenvalue weighted by Gasteiger charge is 2.16. The third-order valence-corrected chi connectivity index (χ3v) is 2.10. The number of carbonyl (C=O) groups is 1. The van der Waals surface area contributed by atoms with Gasteiger partial charge in [0, 0.05) is 0 Å². The number of benzene rings is 1. The van der Waals surface area contributed by atoms with Gasteiger partial charge in [-0.05, 0) is 25.5 Å². The number of aryl methyl sites for hydroxylation is 1. The van der Waals surface area contributed by atoms with E-state index >= 15 is 0 Å². The van der Waals surface area contributed by atoms with Crippen LogP contribution in [0.2, 0.25) is 0 Å². The van der Waals surface area contributed by atoms with Gasteiger partial charge < -0.3 is 10.5 Å². The van der Waals surface area contributed by atoms with Crippen molar-refractivity contribution in [2.75, 3.05) is 7.11 Å². The molecule has 0 saturated heterocycles. The molecule has 0 aliphatic heterocycles. The van der Waals surface area contributed by atoms with E-state index in [1.54, 1.807) is 20.1 Å². The Bertz CT molecular complexity index is 345. The number of ether oxygens (including phenoxy) is 1. The molecule has 1 unspecified atom stereocenters. The lowest BCUT2D eigenvalue weighted by Gasteiger charge is -2.11. The Balaban J connectivity index is 3.20. The smallest absolute Gasteiger partial charge is 0.182 e. The van der Waals surface area contributed by atoms with Gasteiger partial charge in [0.05, 0.1) is 18.7 Å². The molecule has 0 fully saturated rings. The minimum absolute atomic E-state index is 0.0921. The van der Waals surface area contributed by atoms with E-state index in [1.807, 2.05) is 19.1 Å². The quantitative estimate of drug-likeness (QED) is 0.741. The zero-order valence-electron chi connectivity index (χ0n) is 8.70. The largest absolute Gasteiger partial charge is 0.496 e. The zero-order chi connectivity index (χ0) is 10.7. The van der Waals surface area contributed by atoms with E-state index in [0.29, 0.717) is 11.3 Å². The molecule has 3 heteroatoms. The Labute approximate surface area is 83.9 Å². The molecule has 0 aliphatic rings. The van der Waals surface area contributed by atoms with Crippen LogP contribution in [-0.4, -0.2) is 18.9 Å². The molecule has 1 aromatic rings. The summed E-state index contributed by atoms with van der Waals surface area (Å²) in [4.78, 5) is 11.7. The summed E-state index contributed by atoms with van der Waals surface area (Å²) in [5.41, 5.74) is 7.04. The molecular formula is C11H15NO2. The SMILES string of the molecule is COc1c(C)cccc1C(=O)C(C)N. The maximum atomic E-state index is 11.7. The molecule has 0 saturated carbocycles. The number of Topliss-reactive ketones (excluding diaryl/α,β-unsaturated/α-hetero) is 1. The summed E-state index contributed by atoms with van der Waals surface area (Å²) in [6.07, 6.45) is 0. The molecule has 1 atom stereocenters. The molecule has 0 aromatic heterocycles. The average Bonchev–Trinajstić information content (AvgIpc) is 2.16. The maximum absolute atomic E-state index is 11.7. The summed E-state index contributed by atoms with van der Waals surface area (Å²) < 4.78 is 5.17.